The highest BCUT2D eigenvalue weighted by Crippen LogP contribution is 2.24. The number of nitrogens with two attached hydrogens (primary N) is 4. The normalized spacial score (nSPS) is 24.6. The lowest BCUT2D eigenvalue weighted by Gasteiger charge is -2.29. The van der Waals surface area contributed by atoms with E-state index >= 15 is 14.4 Å². The Morgan fingerprint density at radius 1 is 0.458 bits per heavy atom. The van der Waals surface area contributed by atoms with Gasteiger partial charge in [-0.05, 0) is 100 Å². The van der Waals surface area contributed by atoms with Crippen molar-refractivity contribution in [2.24, 2.45) is 22.9 Å². The van der Waals surface area contributed by atoms with Crippen LogP contribution < -0.4 is 81.4 Å². The van der Waals surface area contributed by atoms with Crippen LogP contribution in [0.1, 0.15) is 87.5 Å². The van der Waals surface area contributed by atoms with E-state index in [0.717, 1.165) is 35.4 Å². The van der Waals surface area contributed by atoms with Gasteiger partial charge in [-0.25, -0.2) is 4.79 Å². The second kappa shape index (κ2) is 44.2. The molecule has 580 valence electrons. The Balaban J connectivity index is 1.42. The molecule has 1 fully saturated rings. The van der Waals surface area contributed by atoms with Gasteiger partial charge in [-0.2, -0.15) is 0 Å². The van der Waals surface area contributed by atoms with E-state index in [4.69, 9.17) is 22.9 Å². The van der Waals surface area contributed by atoms with Crippen LogP contribution in [0.2, 0.25) is 0 Å². The summed E-state index contributed by atoms with van der Waals surface area (Å²) < 4.78 is 0. The minimum atomic E-state index is -1.92. The van der Waals surface area contributed by atoms with Crippen molar-refractivity contribution in [1.82, 2.24) is 63.5 Å². The van der Waals surface area contributed by atoms with Crippen molar-refractivity contribution < 1.29 is 82.8 Å². The highest BCUT2D eigenvalue weighted by Gasteiger charge is 2.39. The summed E-state index contributed by atoms with van der Waals surface area (Å²) in [4.78, 5) is 188. The number of carboxylic acid groups (broad SMARTS) is 1. The third kappa shape index (κ3) is 28.0. The third-order valence-electron chi connectivity index (χ3n) is 17.4. The number of carbonyl (C=O) groups is 13. The predicted molar refractivity (Wildman–Crippen MR) is 399 cm³/mol. The third-order valence-corrected chi connectivity index (χ3v) is 19.9. The summed E-state index contributed by atoms with van der Waals surface area (Å²) in [6.45, 7) is 1.50. The Morgan fingerprint density at radius 2 is 0.832 bits per heavy atom. The van der Waals surface area contributed by atoms with Gasteiger partial charge in [-0.1, -0.05) is 131 Å². The number of primary amides is 1. The van der Waals surface area contributed by atoms with Gasteiger partial charge in [0.05, 0.1) is 31.3 Å². The van der Waals surface area contributed by atoms with Gasteiger partial charge in [0.2, 0.25) is 70.9 Å². The average Bonchev–Trinajstić information content (AvgIpc) is 1.44. The molecule has 2 heterocycles. The number of nitrogens with one attached hydrogen (secondary N) is 12. The van der Waals surface area contributed by atoms with E-state index in [1.54, 1.807) is 121 Å². The molecule has 5 aromatic rings. The number of amides is 12. The average molecular weight is 1520 g/mol. The second-order valence-corrected chi connectivity index (χ2v) is 28.5. The Kier molecular flexibility index (Phi) is 35.5. The van der Waals surface area contributed by atoms with Crippen molar-refractivity contribution in [2.45, 2.75) is 176 Å². The Morgan fingerprint density at radius 3 is 1.28 bits per heavy atom. The van der Waals surface area contributed by atoms with Crippen LogP contribution in [0.3, 0.4) is 0 Å². The number of aliphatic hydroxyl groups excluding tert-OH is 3. The Hall–Kier alpha value is -10.0. The second-order valence-electron chi connectivity index (χ2n) is 25.9. The zero-order chi connectivity index (χ0) is 78.1. The molecule has 1 aliphatic heterocycles. The molecule has 14 atom stereocenters. The van der Waals surface area contributed by atoms with E-state index in [1.807, 2.05) is 0 Å². The summed E-state index contributed by atoms with van der Waals surface area (Å²) >= 11 is 0. The molecule has 1 aromatic heterocycles. The topological polar surface area (TPSA) is 555 Å². The molecular weight excluding hydrogens is 1430 g/mol. The van der Waals surface area contributed by atoms with E-state index in [2.05, 4.69) is 63.5 Å². The number of benzene rings is 4. The van der Waals surface area contributed by atoms with Crippen LogP contribution in [0, 0.1) is 0 Å². The first-order chi connectivity index (χ1) is 51.2. The number of aromatic nitrogens is 1. The van der Waals surface area contributed by atoms with Crippen LogP contribution in [0.5, 0.6) is 0 Å². The monoisotopic (exact) mass is 1520 g/mol. The molecule has 33 nitrogen and oxygen atoms in total. The van der Waals surface area contributed by atoms with Crippen LogP contribution in [0.15, 0.2) is 121 Å². The number of aliphatic carboxylic acids is 1. The summed E-state index contributed by atoms with van der Waals surface area (Å²) in [6.07, 6.45) is -2.94. The first-order valence-electron chi connectivity index (χ1n) is 35.1. The number of carboxylic acids is 1. The van der Waals surface area contributed by atoms with Crippen LogP contribution >= 0.6 is 21.6 Å². The number of aliphatic hydroxyl groups is 3. The number of aromatic amines is 1. The van der Waals surface area contributed by atoms with Crippen LogP contribution in [-0.4, -0.2) is 218 Å². The van der Waals surface area contributed by atoms with Gasteiger partial charge < -0.3 is 107 Å². The molecule has 107 heavy (non-hydrogen) atoms. The van der Waals surface area contributed by atoms with E-state index in [-0.39, 0.29) is 82.4 Å². The molecule has 0 bridgehead atoms. The number of H-pyrrole nitrogens is 1. The molecule has 1 aliphatic rings. The molecule has 24 N–H and O–H groups in total. The van der Waals surface area contributed by atoms with Crippen LogP contribution in [0.4, 0.5) is 0 Å². The van der Waals surface area contributed by atoms with Crippen molar-refractivity contribution in [3.05, 3.63) is 144 Å². The summed E-state index contributed by atoms with van der Waals surface area (Å²) in [7, 11) is 2.08. The fourth-order valence-corrected chi connectivity index (χ4v) is 13.7. The van der Waals surface area contributed by atoms with Gasteiger partial charge >= 0.3 is 5.97 Å². The number of hydrogen-bond acceptors (Lipinski definition) is 21. The van der Waals surface area contributed by atoms with Crippen LogP contribution in [-0.2, 0) is 88.0 Å². The van der Waals surface area contributed by atoms with Crippen molar-refractivity contribution in [3.63, 3.8) is 0 Å². The smallest absolute Gasteiger partial charge is 0.326 e. The fourth-order valence-electron chi connectivity index (χ4n) is 11.5. The summed E-state index contributed by atoms with van der Waals surface area (Å²) in [6, 6.07) is 12.3. The van der Waals surface area contributed by atoms with Gasteiger partial charge in [0.25, 0.3) is 0 Å². The van der Waals surface area contributed by atoms with Crippen molar-refractivity contribution in [1.29, 1.82) is 0 Å². The largest absolute Gasteiger partial charge is 0.480 e. The highest BCUT2D eigenvalue weighted by molar-refractivity contribution is 8.76. The summed E-state index contributed by atoms with van der Waals surface area (Å²) in [5.41, 5.74) is 26.3. The SMILES string of the molecule is CC(O)C1NC(=O)C(Cc2ccccc2)NC(=O)C(C(C)O)NC(=O)C(CCCCN)NC(=O)C(Cc2c[nH]c3ccccc23)NC(=O)C(Cc2ccccc2)NC(=O)C(Cc2ccccc2)NC(=O)C(CC(N)=O)NC(=O)C(CCCCN)NC(=O)C(N)CSSCCC(C(=O)O)NC(=O)C(CO)NC1=O. The lowest BCUT2D eigenvalue weighted by molar-refractivity contribution is -0.142. The predicted octanol–water partition coefficient (Wildman–Crippen LogP) is -3.14. The molecule has 6 rings (SSSR count). The molecule has 0 spiro atoms. The van der Waals surface area contributed by atoms with Crippen molar-refractivity contribution in [2.75, 3.05) is 31.2 Å². The Bertz CT molecular complexity index is 3810. The minimum Gasteiger partial charge on any atom is -0.480 e. The molecule has 1 saturated heterocycles. The highest BCUT2D eigenvalue weighted by atomic mass is 33.1. The summed E-state index contributed by atoms with van der Waals surface area (Å²) in [5.74, 6) is -14.2. The lowest BCUT2D eigenvalue weighted by Crippen LogP contribution is -2.63. The van der Waals surface area contributed by atoms with Gasteiger partial charge in [0.1, 0.15) is 66.5 Å². The molecule has 4 aromatic carbocycles. The van der Waals surface area contributed by atoms with Gasteiger partial charge in [-0.15, -0.1) is 0 Å². The molecule has 0 saturated carbocycles. The van der Waals surface area contributed by atoms with E-state index in [0.29, 0.717) is 46.0 Å². The number of fused-ring (bicyclic) bond motifs is 1. The number of unbranched alkanes of at least 4 members (excludes halogenated alkanes) is 2. The summed E-state index contributed by atoms with van der Waals surface area (Å²) in [5, 5.41) is 71.2. The molecule has 14 unspecified atom stereocenters. The fraction of sp³-hybridized carbons (Fsp3) is 0.458. The Labute approximate surface area is 626 Å². The lowest BCUT2D eigenvalue weighted by atomic mass is 10.00. The number of carbonyl (C=O) groups excluding carboxylic acids is 12. The quantitative estimate of drug-likeness (QED) is 0.0240. The van der Waals surface area contributed by atoms with Crippen LogP contribution in [0.25, 0.3) is 10.9 Å². The molecule has 12 amide bonds. The number of hydrogen-bond donors (Lipinski definition) is 20. The first-order valence-corrected chi connectivity index (χ1v) is 37.6. The molecule has 0 radical (unpaired) electrons. The zero-order valence-corrected chi connectivity index (χ0v) is 61.0. The zero-order valence-electron chi connectivity index (χ0n) is 59.4. The van der Waals surface area contributed by atoms with Gasteiger partial charge in [0.15, 0.2) is 0 Å². The first kappa shape index (κ1) is 85.9. The van der Waals surface area contributed by atoms with E-state index < -0.39 is 175 Å². The van der Waals surface area contributed by atoms with Crippen molar-refractivity contribution >= 4 is 109 Å². The van der Waals surface area contributed by atoms with Gasteiger partial charge in [0, 0.05) is 54.3 Å². The number of rotatable bonds is 22. The molecular formula is C72H98N16O17S2. The maximum absolute atomic E-state index is 15.3. The standard InChI is InChI=1S/C72H98N16O17S2/c1-40(90)59-70(102)85-54(34-44-22-10-5-11-23-44)68(100)88-60(41(2)91)71(103)86-57(38-89)69(101)80-51(72(104)105)28-31-106-107-39-47(75)61(93)78-49(26-14-16-29-73)62(94)84-56(36-58(76)92)67(99)82-52(32-42-18-6-3-7-19-42)64(96)81-53(33-43-20-8-4-9-21-43)65(97)83-55(35-45-37-77-48-25-13-12-24-46(45)48)66(98)79-50(63(95)87-59)27-15-17-30-74/h3-13,18-25,37,40-41,47,49-57,59-60,77,89-91H,14-17,26-36,38-39,73-75H2,1-2H3,(H2,76,92)(H,78,93)(H,79,98)(H,80,101)(H,81,96)(H,82,99)(H,83,97)(H,84,94)(H,85,102)(H,86,103)(H,87,95)(H,88,100)(H,104,105). The molecule has 0 aliphatic carbocycles. The van der Waals surface area contributed by atoms with E-state index in [1.165, 1.54) is 0 Å². The maximum Gasteiger partial charge on any atom is 0.326 e. The maximum atomic E-state index is 15.3. The number of para-hydroxylation sites is 1. The van der Waals surface area contributed by atoms with Crippen molar-refractivity contribution in [3.8, 4) is 0 Å². The van der Waals surface area contributed by atoms with E-state index in [9.17, 15) is 68.4 Å². The molecule has 35 heteroatoms. The van der Waals surface area contributed by atoms with Gasteiger partial charge in [-0.3, -0.25) is 57.5 Å². The minimum absolute atomic E-state index is 0.0000436.